The molecule has 0 amide bonds. The Hall–Kier alpha value is -0.210. The van der Waals surface area contributed by atoms with Crippen molar-refractivity contribution in [1.82, 2.24) is 0 Å². The maximum atomic E-state index is 8.56. The number of hydrogen-bond acceptors (Lipinski definition) is 1. The summed E-state index contributed by atoms with van der Waals surface area (Å²) in [5.41, 5.74) is 0. The first-order valence-electron chi connectivity index (χ1n) is 1.28. The van der Waals surface area contributed by atoms with Gasteiger partial charge in [0.05, 0.1) is 0 Å². The molecule has 0 aromatic rings. The third-order valence-electron chi connectivity index (χ3n) is 0.0357. The number of rotatable bonds is 0. The van der Waals surface area contributed by atoms with E-state index in [4.69, 9.17) is 15.0 Å². The average Bonchev–Trinajstić information content (AvgIpc) is 1.65. The van der Waals surface area contributed by atoms with E-state index in [1.165, 1.54) is 0 Å². The van der Waals surface area contributed by atoms with Crippen LogP contribution in [0.3, 0.4) is 0 Å². The van der Waals surface area contributed by atoms with Crippen molar-refractivity contribution in [3.05, 3.63) is 0 Å². The lowest BCUT2D eigenvalue weighted by molar-refractivity contribution is 0.137. The fourth-order valence-corrected chi connectivity index (χ4v) is 0. The lowest BCUT2D eigenvalue weighted by atomic mass is 11.4. The van der Waals surface area contributed by atoms with E-state index in [-0.39, 0.29) is 0 Å². The number of carbonyl (C=O) groups is 1. The van der Waals surface area contributed by atoms with E-state index >= 15 is 0 Å². The zero-order chi connectivity index (χ0) is 6.99. The first-order chi connectivity index (χ1) is 3.65. The molecule has 0 radical (unpaired) electrons. The molecule has 0 aliphatic heterocycles. The molecule has 5 heteroatoms. The van der Waals surface area contributed by atoms with Gasteiger partial charge >= 0.3 is 6.16 Å². The maximum Gasteiger partial charge on any atom is 0.503 e. The highest BCUT2D eigenvalue weighted by Crippen LogP contribution is 1.72. The van der Waals surface area contributed by atoms with Gasteiger partial charge in [-0.1, -0.05) is 0 Å². The second-order valence-corrected chi connectivity index (χ2v) is 1.26. The van der Waals surface area contributed by atoms with Gasteiger partial charge in [-0.3, -0.25) is 0 Å². The van der Waals surface area contributed by atoms with Crippen molar-refractivity contribution >= 4 is 38.0 Å². The molecule has 0 aromatic heterocycles. The minimum Gasteiger partial charge on any atom is -0.450 e. The predicted octanol–water partition coefficient (Wildman–Crippen LogP) is 1.92. The van der Waals surface area contributed by atoms with Crippen LogP contribution in [0.15, 0.2) is 0 Å². The molecule has 0 saturated heterocycles. The molecule has 3 nitrogen and oxygen atoms in total. The summed E-state index contributed by atoms with van der Waals surface area (Å²) >= 11 is 5.68. The molecule has 0 bridgehead atoms. The zero-order valence-electron chi connectivity index (χ0n) is 3.56. The normalized spacial score (nSPS) is 4.75. The van der Waals surface area contributed by atoms with Gasteiger partial charge in [-0.05, 0) is 9.66 Å². The average molecular weight is 246 g/mol. The molecule has 0 rings (SSSR count). The van der Waals surface area contributed by atoms with E-state index in [0.29, 0.717) is 0 Å². The summed E-state index contributed by atoms with van der Waals surface area (Å²) in [5.74, 6) is 0. The van der Waals surface area contributed by atoms with E-state index < -0.39 is 6.16 Å². The van der Waals surface area contributed by atoms with Crippen LogP contribution in [-0.4, -0.2) is 16.4 Å². The Labute approximate surface area is 63.0 Å². The van der Waals surface area contributed by atoms with Crippen LogP contribution in [0.4, 0.5) is 4.79 Å². The molecule has 0 aliphatic carbocycles. The third kappa shape index (κ3) is 213. The fourth-order valence-electron chi connectivity index (χ4n) is 0. The van der Waals surface area contributed by atoms with Crippen molar-refractivity contribution in [2.24, 2.45) is 0 Å². The fraction of sp³-hybridized carbons (Fsp3) is 0. The highest BCUT2D eigenvalue weighted by molar-refractivity contribution is 9.14. The second-order valence-electron chi connectivity index (χ2n) is 0.472. The summed E-state index contributed by atoms with van der Waals surface area (Å²) < 4.78 is 0. The molecule has 0 aliphatic rings. The van der Waals surface area contributed by atoms with Crippen LogP contribution >= 0.6 is 31.9 Å². The molecule has 0 atom stereocenters. The van der Waals surface area contributed by atoms with Crippen LogP contribution in [0.1, 0.15) is 0 Å². The molecule has 0 unspecified atom stereocenters. The van der Waals surface area contributed by atoms with Crippen LogP contribution < -0.4 is 0 Å². The quantitative estimate of drug-likeness (QED) is 0.641. The number of carboxylic acid groups (broad SMARTS) is 2. The Bertz CT molecular complexity index is 101. The van der Waals surface area contributed by atoms with Gasteiger partial charge in [0.1, 0.15) is 0 Å². The van der Waals surface area contributed by atoms with Crippen LogP contribution in [0.25, 0.3) is 0 Å². The number of halogens is 2. The minimum atomic E-state index is -1.83. The molecular formula is C3H2Br2O3. The van der Waals surface area contributed by atoms with Crippen molar-refractivity contribution < 1.29 is 15.0 Å². The molecule has 0 spiro atoms. The standard InChI is InChI=1S/C2Br2.CH2O3/c3-1-2-4;2-1(3)4/h;(H2,2,3,4). The van der Waals surface area contributed by atoms with Crippen molar-refractivity contribution in [3.63, 3.8) is 0 Å². The van der Waals surface area contributed by atoms with Crippen molar-refractivity contribution in [1.29, 1.82) is 0 Å². The number of hydrogen-bond donors (Lipinski definition) is 2. The van der Waals surface area contributed by atoms with Crippen LogP contribution in [0.2, 0.25) is 0 Å². The Morgan fingerprint density at radius 3 is 1.38 bits per heavy atom. The zero-order valence-corrected chi connectivity index (χ0v) is 6.73. The summed E-state index contributed by atoms with van der Waals surface area (Å²) in [6.07, 6.45) is -1.83. The monoisotopic (exact) mass is 244 g/mol. The third-order valence-corrected chi connectivity index (χ3v) is 0.964. The Balaban J connectivity index is 0. The summed E-state index contributed by atoms with van der Waals surface area (Å²) in [6.45, 7) is 0. The molecule has 0 aromatic carbocycles. The van der Waals surface area contributed by atoms with E-state index in [2.05, 4.69) is 41.5 Å². The van der Waals surface area contributed by atoms with Gasteiger partial charge in [0.25, 0.3) is 0 Å². The molecule has 8 heavy (non-hydrogen) atoms. The minimum absolute atomic E-state index is 1.83. The van der Waals surface area contributed by atoms with Crippen molar-refractivity contribution in [2.75, 3.05) is 0 Å². The van der Waals surface area contributed by atoms with Crippen molar-refractivity contribution in [2.45, 2.75) is 0 Å². The molecule has 0 fully saturated rings. The van der Waals surface area contributed by atoms with Gasteiger partial charge in [-0.2, -0.15) is 0 Å². The van der Waals surface area contributed by atoms with Crippen LogP contribution in [0, 0.1) is 9.66 Å². The van der Waals surface area contributed by atoms with E-state index in [0.717, 1.165) is 0 Å². The largest absolute Gasteiger partial charge is 0.503 e. The highest BCUT2D eigenvalue weighted by atomic mass is 79.9. The van der Waals surface area contributed by atoms with Gasteiger partial charge in [-0.15, -0.1) is 0 Å². The Kier molecular flexibility index (Phi) is 13.3. The first-order valence-corrected chi connectivity index (χ1v) is 2.87. The van der Waals surface area contributed by atoms with Crippen LogP contribution in [0.5, 0.6) is 0 Å². The summed E-state index contributed by atoms with van der Waals surface area (Å²) in [7, 11) is 0. The van der Waals surface area contributed by atoms with Gasteiger partial charge in [0.15, 0.2) is 0 Å². The second kappa shape index (κ2) is 9.92. The summed E-state index contributed by atoms with van der Waals surface area (Å²) in [6, 6.07) is 0. The molecule has 46 valence electrons. The first kappa shape index (κ1) is 10.7. The molecule has 0 heterocycles. The van der Waals surface area contributed by atoms with Gasteiger partial charge in [0, 0.05) is 31.9 Å². The van der Waals surface area contributed by atoms with E-state index in [1.807, 2.05) is 0 Å². The van der Waals surface area contributed by atoms with Gasteiger partial charge < -0.3 is 10.2 Å². The maximum absolute atomic E-state index is 8.56. The van der Waals surface area contributed by atoms with E-state index in [1.54, 1.807) is 0 Å². The lowest BCUT2D eigenvalue weighted by Crippen LogP contribution is -1.81. The Morgan fingerprint density at radius 1 is 1.25 bits per heavy atom. The highest BCUT2D eigenvalue weighted by Gasteiger charge is 1.70. The van der Waals surface area contributed by atoms with Crippen molar-refractivity contribution in [3.8, 4) is 9.66 Å². The molecule has 0 saturated carbocycles. The summed E-state index contributed by atoms with van der Waals surface area (Å²) in [5, 5.41) is 13.9. The SMILES string of the molecule is BrC#CBr.O=C(O)O. The smallest absolute Gasteiger partial charge is 0.450 e. The predicted molar refractivity (Wildman–Crippen MR) is 36.3 cm³/mol. The summed E-state index contributed by atoms with van der Waals surface area (Å²) in [4.78, 5) is 13.4. The molecular weight excluding hydrogens is 244 g/mol. The van der Waals surface area contributed by atoms with Crippen LogP contribution in [-0.2, 0) is 0 Å². The van der Waals surface area contributed by atoms with Gasteiger partial charge in [0.2, 0.25) is 0 Å². The Morgan fingerprint density at radius 2 is 1.38 bits per heavy atom. The lowest BCUT2D eigenvalue weighted by Gasteiger charge is -1.60. The van der Waals surface area contributed by atoms with E-state index in [9.17, 15) is 0 Å². The molecule has 2 N–H and O–H groups in total. The topological polar surface area (TPSA) is 57.5 Å². The van der Waals surface area contributed by atoms with Gasteiger partial charge in [-0.25, -0.2) is 4.79 Å².